The van der Waals surface area contributed by atoms with Crippen molar-refractivity contribution in [3.63, 3.8) is 0 Å². The summed E-state index contributed by atoms with van der Waals surface area (Å²) >= 11 is 0. The molecule has 120 valence electrons. The van der Waals surface area contributed by atoms with Crippen molar-refractivity contribution in [3.8, 4) is 5.75 Å². The Morgan fingerprint density at radius 2 is 2.09 bits per heavy atom. The average molecular weight is 301 g/mol. The molecular weight excluding hydrogens is 274 g/mol. The number of ether oxygens (including phenoxy) is 1. The SMILES string of the molecule is COc1ccc2[nH]cc(CCNCC3CCC(N)CC3)c2c1. The van der Waals surface area contributed by atoms with Gasteiger partial charge >= 0.3 is 0 Å². The standard InChI is InChI=1S/C18H27N3O/c1-22-16-6-7-18-17(10-16)14(12-21-18)8-9-20-11-13-2-4-15(19)5-3-13/h6-7,10,12-13,15,20-21H,2-5,8-9,11,19H2,1H3. The maximum atomic E-state index is 5.96. The zero-order valence-corrected chi connectivity index (χ0v) is 13.4. The number of fused-ring (bicyclic) bond motifs is 1. The number of aromatic amines is 1. The van der Waals surface area contributed by atoms with Crippen LogP contribution in [0.15, 0.2) is 24.4 Å². The number of aromatic nitrogens is 1. The van der Waals surface area contributed by atoms with Gasteiger partial charge in [-0.25, -0.2) is 0 Å². The van der Waals surface area contributed by atoms with Gasteiger partial charge in [0.1, 0.15) is 5.75 Å². The van der Waals surface area contributed by atoms with Gasteiger partial charge in [0.15, 0.2) is 0 Å². The van der Waals surface area contributed by atoms with Crippen LogP contribution >= 0.6 is 0 Å². The zero-order valence-electron chi connectivity index (χ0n) is 13.4. The lowest BCUT2D eigenvalue weighted by Crippen LogP contribution is -2.32. The molecule has 2 aromatic rings. The number of nitrogens with two attached hydrogens (primary N) is 1. The lowest BCUT2D eigenvalue weighted by Gasteiger charge is -2.26. The summed E-state index contributed by atoms with van der Waals surface area (Å²) < 4.78 is 5.32. The van der Waals surface area contributed by atoms with Crippen molar-refractivity contribution >= 4 is 10.9 Å². The fraction of sp³-hybridized carbons (Fsp3) is 0.556. The van der Waals surface area contributed by atoms with Crippen LogP contribution in [0, 0.1) is 5.92 Å². The molecule has 0 spiro atoms. The summed E-state index contributed by atoms with van der Waals surface area (Å²) in [5.41, 5.74) is 8.49. The van der Waals surface area contributed by atoms with Gasteiger partial charge in [-0.1, -0.05) is 0 Å². The molecule has 1 saturated carbocycles. The smallest absolute Gasteiger partial charge is 0.119 e. The highest BCUT2D eigenvalue weighted by Crippen LogP contribution is 2.24. The number of hydrogen-bond donors (Lipinski definition) is 3. The molecule has 0 bridgehead atoms. The van der Waals surface area contributed by atoms with E-state index in [9.17, 15) is 0 Å². The van der Waals surface area contributed by atoms with Crippen molar-refractivity contribution in [1.29, 1.82) is 0 Å². The first-order valence-corrected chi connectivity index (χ1v) is 8.36. The molecule has 1 aromatic carbocycles. The van der Waals surface area contributed by atoms with Gasteiger partial charge in [0, 0.05) is 23.1 Å². The predicted molar refractivity (Wildman–Crippen MR) is 91.4 cm³/mol. The quantitative estimate of drug-likeness (QED) is 0.719. The van der Waals surface area contributed by atoms with E-state index in [0.29, 0.717) is 6.04 Å². The van der Waals surface area contributed by atoms with Crippen LogP contribution in [-0.4, -0.2) is 31.2 Å². The molecule has 4 heteroatoms. The van der Waals surface area contributed by atoms with Crippen LogP contribution in [0.1, 0.15) is 31.2 Å². The minimum atomic E-state index is 0.442. The highest BCUT2D eigenvalue weighted by molar-refractivity contribution is 5.84. The van der Waals surface area contributed by atoms with E-state index >= 15 is 0 Å². The van der Waals surface area contributed by atoms with Gasteiger partial charge in [0.2, 0.25) is 0 Å². The number of benzene rings is 1. The van der Waals surface area contributed by atoms with E-state index in [4.69, 9.17) is 10.5 Å². The minimum absolute atomic E-state index is 0.442. The fourth-order valence-corrected chi connectivity index (χ4v) is 3.41. The van der Waals surface area contributed by atoms with Gasteiger partial charge in [-0.2, -0.15) is 0 Å². The minimum Gasteiger partial charge on any atom is -0.497 e. The molecule has 0 radical (unpaired) electrons. The third-order valence-electron chi connectivity index (χ3n) is 4.87. The van der Waals surface area contributed by atoms with Gasteiger partial charge in [-0.15, -0.1) is 0 Å². The number of H-pyrrole nitrogens is 1. The molecule has 22 heavy (non-hydrogen) atoms. The molecule has 1 aliphatic carbocycles. The van der Waals surface area contributed by atoms with Crippen molar-refractivity contribution in [3.05, 3.63) is 30.0 Å². The molecule has 1 aliphatic rings. The van der Waals surface area contributed by atoms with E-state index in [1.165, 1.54) is 42.1 Å². The largest absolute Gasteiger partial charge is 0.497 e. The van der Waals surface area contributed by atoms with Crippen molar-refractivity contribution in [2.75, 3.05) is 20.2 Å². The number of nitrogens with one attached hydrogen (secondary N) is 2. The van der Waals surface area contributed by atoms with E-state index in [1.807, 2.05) is 6.07 Å². The Morgan fingerprint density at radius 3 is 2.86 bits per heavy atom. The van der Waals surface area contributed by atoms with Crippen LogP contribution in [0.5, 0.6) is 5.75 Å². The van der Waals surface area contributed by atoms with Crippen molar-refractivity contribution in [2.45, 2.75) is 38.1 Å². The Morgan fingerprint density at radius 1 is 1.27 bits per heavy atom. The van der Waals surface area contributed by atoms with E-state index in [1.54, 1.807) is 7.11 Å². The maximum absolute atomic E-state index is 5.96. The van der Waals surface area contributed by atoms with Crippen LogP contribution < -0.4 is 15.8 Å². The molecule has 1 aromatic heterocycles. The molecular formula is C18H27N3O. The monoisotopic (exact) mass is 301 g/mol. The molecule has 0 unspecified atom stereocenters. The second kappa shape index (κ2) is 7.16. The average Bonchev–Trinajstić information content (AvgIpc) is 2.95. The lowest BCUT2D eigenvalue weighted by atomic mass is 9.86. The van der Waals surface area contributed by atoms with Crippen LogP contribution in [0.4, 0.5) is 0 Å². The van der Waals surface area contributed by atoms with Gasteiger partial charge in [0.25, 0.3) is 0 Å². The molecule has 1 fully saturated rings. The number of hydrogen-bond acceptors (Lipinski definition) is 3. The molecule has 0 saturated heterocycles. The molecule has 4 nitrogen and oxygen atoms in total. The summed E-state index contributed by atoms with van der Waals surface area (Å²) in [7, 11) is 1.71. The molecule has 0 atom stereocenters. The topological polar surface area (TPSA) is 63.1 Å². The molecule has 1 heterocycles. The van der Waals surface area contributed by atoms with Crippen molar-refractivity contribution in [1.82, 2.24) is 10.3 Å². The zero-order chi connectivity index (χ0) is 15.4. The summed E-state index contributed by atoms with van der Waals surface area (Å²) in [4.78, 5) is 3.34. The van der Waals surface area contributed by atoms with Crippen molar-refractivity contribution < 1.29 is 4.74 Å². The lowest BCUT2D eigenvalue weighted by molar-refractivity contribution is 0.315. The van der Waals surface area contributed by atoms with Gasteiger partial charge < -0.3 is 20.8 Å². The van der Waals surface area contributed by atoms with E-state index in [0.717, 1.165) is 31.2 Å². The highest BCUT2D eigenvalue weighted by atomic mass is 16.5. The van der Waals surface area contributed by atoms with Crippen LogP contribution in [0.25, 0.3) is 10.9 Å². The van der Waals surface area contributed by atoms with E-state index in [2.05, 4.69) is 28.6 Å². The normalized spacial score (nSPS) is 22.1. The third kappa shape index (κ3) is 3.62. The number of rotatable bonds is 6. The van der Waals surface area contributed by atoms with Crippen LogP contribution in [0.3, 0.4) is 0 Å². The summed E-state index contributed by atoms with van der Waals surface area (Å²) in [6.07, 6.45) is 8.09. The van der Waals surface area contributed by atoms with E-state index < -0.39 is 0 Å². The van der Waals surface area contributed by atoms with Gasteiger partial charge in [0.05, 0.1) is 7.11 Å². The fourth-order valence-electron chi connectivity index (χ4n) is 3.41. The predicted octanol–water partition coefficient (Wildman–Crippen LogP) is 2.83. The summed E-state index contributed by atoms with van der Waals surface area (Å²) in [5, 5.41) is 4.88. The van der Waals surface area contributed by atoms with Crippen molar-refractivity contribution in [2.24, 2.45) is 11.7 Å². The second-order valence-corrected chi connectivity index (χ2v) is 6.46. The second-order valence-electron chi connectivity index (χ2n) is 6.46. The Labute approximate surface area is 132 Å². The number of methoxy groups -OCH3 is 1. The molecule has 3 rings (SSSR count). The maximum Gasteiger partial charge on any atom is 0.119 e. The Hall–Kier alpha value is -1.52. The first-order valence-electron chi connectivity index (χ1n) is 8.36. The Kier molecular flexibility index (Phi) is 5.01. The summed E-state index contributed by atoms with van der Waals surface area (Å²) in [6, 6.07) is 6.63. The molecule has 4 N–H and O–H groups in total. The Bertz CT molecular complexity index is 599. The van der Waals surface area contributed by atoms with Gasteiger partial charge in [-0.3, -0.25) is 0 Å². The third-order valence-corrected chi connectivity index (χ3v) is 4.87. The van der Waals surface area contributed by atoms with E-state index in [-0.39, 0.29) is 0 Å². The highest BCUT2D eigenvalue weighted by Gasteiger charge is 2.17. The van der Waals surface area contributed by atoms with Gasteiger partial charge in [-0.05, 0) is 74.9 Å². The first kappa shape index (κ1) is 15.4. The van der Waals surface area contributed by atoms with Crippen LogP contribution in [0.2, 0.25) is 0 Å². The Balaban J connectivity index is 1.49. The summed E-state index contributed by atoms with van der Waals surface area (Å²) in [5.74, 6) is 1.72. The summed E-state index contributed by atoms with van der Waals surface area (Å²) in [6.45, 7) is 2.14. The first-order chi connectivity index (χ1) is 10.8. The van der Waals surface area contributed by atoms with Crippen LogP contribution in [-0.2, 0) is 6.42 Å². The molecule has 0 aliphatic heterocycles. The molecule has 0 amide bonds.